The van der Waals surface area contributed by atoms with Crippen LogP contribution in [0.1, 0.15) is 17.5 Å². The molecule has 0 spiro atoms. The second-order valence-corrected chi connectivity index (χ2v) is 7.17. The minimum atomic E-state index is -0.432. The number of rotatable bonds is 6. The van der Waals surface area contributed by atoms with Crippen LogP contribution in [0.2, 0.25) is 0 Å². The maximum Gasteiger partial charge on any atom is 0.274 e. The molecule has 7 nitrogen and oxygen atoms in total. The summed E-state index contributed by atoms with van der Waals surface area (Å²) in [6.45, 7) is 8.14. The quantitative estimate of drug-likeness (QED) is 0.612. The fourth-order valence-electron chi connectivity index (χ4n) is 3.48. The number of benzene rings is 2. The Hall–Kier alpha value is -2.93. The number of hydrogen-bond donors (Lipinski definition) is 1. The molecule has 1 amide bonds. The number of nitrogens with zero attached hydrogens (tertiary/aromatic N) is 3. The highest BCUT2D eigenvalue weighted by atomic mass is 16.6. The second-order valence-electron chi connectivity index (χ2n) is 7.17. The predicted molar refractivity (Wildman–Crippen MR) is 111 cm³/mol. The van der Waals surface area contributed by atoms with Crippen molar-refractivity contribution in [3.63, 3.8) is 0 Å². The van der Waals surface area contributed by atoms with Gasteiger partial charge in [0.2, 0.25) is 5.91 Å². The topological polar surface area (TPSA) is 78.7 Å². The van der Waals surface area contributed by atoms with Gasteiger partial charge in [-0.1, -0.05) is 18.2 Å². The van der Waals surface area contributed by atoms with Gasteiger partial charge in [0.05, 0.1) is 16.2 Å². The van der Waals surface area contributed by atoms with Crippen LogP contribution in [0.3, 0.4) is 0 Å². The molecule has 28 heavy (non-hydrogen) atoms. The number of aryl methyl sites for hydroxylation is 1. The first-order chi connectivity index (χ1) is 13.4. The minimum Gasteiger partial charge on any atom is -0.369 e. The molecule has 7 heteroatoms. The number of carbonyl (C=O) groups excluding carboxylic acids is 1. The van der Waals surface area contributed by atoms with Gasteiger partial charge in [0.25, 0.3) is 5.69 Å². The number of amides is 1. The van der Waals surface area contributed by atoms with Crippen LogP contribution in [-0.4, -0.2) is 48.5 Å². The lowest BCUT2D eigenvalue weighted by Crippen LogP contribution is -2.47. The van der Waals surface area contributed by atoms with Crippen molar-refractivity contribution in [3.05, 3.63) is 63.7 Å². The molecular formula is C21H26N4O3. The van der Waals surface area contributed by atoms with E-state index in [1.165, 1.54) is 17.3 Å². The highest BCUT2D eigenvalue weighted by Gasteiger charge is 2.19. The minimum absolute atomic E-state index is 0.0186. The van der Waals surface area contributed by atoms with Crippen LogP contribution in [0.15, 0.2) is 42.5 Å². The first-order valence-electron chi connectivity index (χ1n) is 9.52. The molecule has 3 rings (SSSR count). The van der Waals surface area contributed by atoms with Crippen molar-refractivity contribution in [2.45, 2.75) is 20.3 Å². The molecule has 1 fully saturated rings. The average Bonchev–Trinajstić information content (AvgIpc) is 2.68. The molecule has 1 aliphatic rings. The molecule has 0 unspecified atom stereocenters. The summed E-state index contributed by atoms with van der Waals surface area (Å²) < 4.78 is 0. The molecule has 1 N–H and O–H groups in total. The van der Waals surface area contributed by atoms with Crippen LogP contribution in [-0.2, 0) is 4.79 Å². The van der Waals surface area contributed by atoms with Crippen molar-refractivity contribution in [2.24, 2.45) is 0 Å². The van der Waals surface area contributed by atoms with E-state index in [4.69, 9.17) is 0 Å². The van der Waals surface area contributed by atoms with Gasteiger partial charge in [-0.05, 0) is 37.6 Å². The number of hydrogen-bond acceptors (Lipinski definition) is 5. The molecule has 1 heterocycles. The zero-order chi connectivity index (χ0) is 20.1. The molecule has 1 saturated heterocycles. The third-order valence-electron chi connectivity index (χ3n) is 5.17. The fraction of sp³-hybridized carbons (Fsp3) is 0.381. The first-order valence-corrected chi connectivity index (χ1v) is 9.52. The van der Waals surface area contributed by atoms with E-state index in [0.717, 1.165) is 26.2 Å². The van der Waals surface area contributed by atoms with Gasteiger partial charge in [-0.3, -0.25) is 19.8 Å². The van der Waals surface area contributed by atoms with Crippen LogP contribution in [0.25, 0.3) is 0 Å². The Morgan fingerprint density at radius 2 is 1.82 bits per heavy atom. The van der Waals surface area contributed by atoms with Gasteiger partial charge in [-0.15, -0.1) is 0 Å². The summed E-state index contributed by atoms with van der Waals surface area (Å²) in [6, 6.07) is 13.2. The number of carbonyl (C=O) groups is 1. The van der Waals surface area contributed by atoms with E-state index in [1.54, 1.807) is 19.1 Å². The molecule has 0 aliphatic carbocycles. The Kier molecular flexibility index (Phi) is 6.26. The van der Waals surface area contributed by atoms with Crippen LogP contribution >= 0.6 is 0 Å². The van der Waals surface area contributed by atoms with Crippen molar-refractivity contribution in [2.75, 3.05) is 42.9 Å². The molecule has 2 aromatic rings. The number of piperazine rings is 1. The van der Waals surface area contributed by atoms with Gasteiger partial charge in [0.1, 0.15) is 0 Å². The Bertz CT molecular complexity index is 860. The lowest BCUT2D eigenvalue weighted by Gasteiger charge is -2.36. The summed E-state index contributed by atoms with van der Waals surface area (Å²) in [7, 11) is 0. The maximum absolute atomic E-state index is 12.3. The molecule has 0 aromatic heterocycles. The first kappa shape index (κ1) is 19.8. The Morgan fingerprint density at radius 3 is 2.50 bits per heavy atom. The highest BCUT2D eigenvalue weighted by Crippen LogP contribution is 2.25. The second kappa shape index (κ2) is 8.84. The molecule has 148 valence electrons. The van der Waals surface area contributed by atoms with Crippen molar-refractivity contribution in [1.29, 1.82) is 0 Å². The summed E-state index contributed by atoms with van der Waals surface area (Å²) in [5, 5.41) is 13.8. The van der Waals surface area contributed by atoms with E-state index in [1.807, 2.05) is 0 Å². The lowest BCUT2D eigenvalue weighted by molar-refractivity contribution is -0.385. The standard InChI is InChI=1S/C21H26N4O3/c1-16-5-3-6-18(15-16)24-13-11-23(12-14-24)10-9-21(26)22-19-7-4-8-20(17(19)2)25(27)28/h3-8,15H,9-14H2,1-2H3,(H,22,26). The Balaban J connectivity index is 1.47. The van der Waals surface area contributed by atoms with Gasteiger partial charge in [0, 0.05) is 50.9 Å². The van der Waals surface area contributed by atoms with E-state index in [2.05, 4.69) is 46.3 Å². The van der Waals surface area contributed by atoms with Crippen molar-refractivity contribution >= 4 is 23.0 Å². The van der Waals surface area contributed by atoms with Gasteiger partial charge in [0.15, 0.2) is 0 Å². The predicted octanol–water partition coefficient (Wildman–Crippen LogP) is 3.36. The molecule has 0 bridgehead atoms. The third-order valence-corrected chi connectivity index (χ3v) is 5.17. The van der Waals surface area contributed by atoms with Crippen LogP contribution < -0.4 is 10.2 Å². The van der Waals surface area contributed by atoms with Crippen molar-refractivity contribution < 1.29 is 9.72 Å². The maximum atomic E-state index is 12.3. The summed E-state index contributed by atoms with van der Waals surface area (Å²) in [4.78, 5) is 27.5. The summed E-state index contributed by atoms with van der Waals surface area (Å²) in [5.41, 5.74) is 3.51. The zero-order valence-corrected chi connectivity index (χ0v) is 16.4. The lowest BCUT2D eigenvalue weighted by atomic mass is 10.1. The summed E-state index contributed by atoms with van der Waals surface area (Å²) in [6.07, 6.45) is 0.368. The van der Waals surface area contributed by atoms with E-state index in [0.29, 0.717) is 24.2 Å². The smallest absolute Gasteiger partial charge is 0.274 e. The number of nitro benzene ring substituents is 1. The molecule has 1 aliphatic heterocycles. The van der Waals surface area contributed by atoms with E-state index < -0.39 is 4.92 Å². The molecule has 2 aromatic carbocycles. The molecular weight excluding hydrogens is 356 g/mol. The molecule has 0 atom stereocenters. The third kappa shape index (κ3) is 4.86. The molecule has 0 saturated carbocycles. The summed E-state index contributed by atoms with van der Waals surface area (Å²) >= 11 is 0. The van der Waals surface area contributed by atoms with Crippen molar-refractivity contribution in [3.8, 4) is 0 Å². The summed E-state index contributed by atoms with van der Waals surface area (Å²) in [5.74, 6) is -0.121. The fourth-order valence-corrected chi connectivity index (χ4v) is 3.48. The number of nitrogens with one attached hydrogen (secondary N) is 1. The van der Waals surface area contributed by atoms with E-state index >= 15 is 0 Å². The number of anilines is 2. The van der Waals surface area contributed by atoms with Crippen LogP contribution in [0, 0.1) is 24.0 Å². The average molecular weight is 382 g/mol. The zero-order valence-electron chi connectivity index (χ0n) is 16.4. The van der Waals surface area contributed by atoms with Gasteiger partial charge in [-0.25, -0.2) is 0 Å². The van der Waals surface area contributed by atoms with Gasteiger partial charge in [-0.2, -0.15) is 0 Å². The largest absolute Gasteiger partial charge is 0.369 e. The number of nitro groups is 1. The van der Waals surface area contributed by atoms with Gasteiger partial charge >= 0.3 is 0 Å². The molecule has 0 radical (unpaired) electrons. The van der Waals surface area contributed by atoms with E-state index in [-0.39, 0.29) is 11.6 Å². The monoisotopic (exact) mass is 382 g/mol. The Morgan fingerprint density at radius 1 is 1.11 bits per heavy atom. The normalized spacial score (nSPS) is 14.7. The van der Waals surface area contributed by atoms with Crippen LogP contribution in [0.4, 0.5) is 17.1 Å². The Labute approximate surface area is 165 Å². The van der Waals surface area contributed by atoms with Crippen LogP contribution in [0.5, 0.6) is 0 Å². The highest BCUT2D eigenvalue weighted by molar-refractivity contribution is 5.92. The van der Waals surface area contributed by atoms with E-state index in [9.17, 15) is 14.9 Å². The SMILES string of the molecule is Cc1cccc(N2CCN(CCC(=O)Nc3cccc([N+](=O)[O-])c3C)CC2)c1. The van der Waals surface area contributed by atoms with Gasteiger partial charge < -0.3 is 10.2 Å². The van der Waals surface area contributed by atoms with Crippen molar-refractivity contribution in [1.82, 2.24) is 4.90 Å².